The molecular weight excluding hydrogens is 302 g/mol. The van der Waals surface area contributed by atoms with Crippen molar-refractivity contribution in [3.8, 4) is 9.88 Å². The number of amides is 1. The van der Waals surface area contributed by atoms with E-state index in [1.165, 1.54) is 24.2 Å². The van der Waals surface area contributed by atoms with E-state index < -0.39 is 0 Å². The number of thiophene rings is 1. The number of aromatic nitrogens is 1. The standard InChI is InChI=1S/C15H19N3OS2/c16-8-10-4-1-2-5-11(10)17-14(19)12-9-21-15(18-12)13-6-3-7-20-13/h3,6-7,9-11H,1-2,4-5,8,16H2,(H,17,19). The Balaban J connectivity index is 1.68. The lowest BCUT2D eigenvalue weighted by Crippen LogP contribution is -2.44. The fraction of sp³-hybridized carbons (Fsp3) is 0.467. The van der Waals surface area contributed by atoms with Gasteiger partial charge in [-0.15, -0.1) is 22.7 Å². The van der Waals surface area contributed by atoms with Gasteiger partial charge in [0.2, 0.25) is 0 Å². The van der Waals surface area contributed by atoms with Crippen LogP contribution in [-0.4, -0.2) is 23.5 Å². The number of carbonyl (C=O) groups is 1. The zero-order chi connectivity index (χ0) is 14.7. The van der Waals surface area contributed by atoms with Gasteiger partial charge in [0.15, 0.2) is 0 Å². The van der Waals surface area contributed by atoms with E-state index in [1.54, 1.807) is 11.3 Å². The molecule has 3 rings (SSSR count). The van der Waals surface area contributed by atoms with Crippen molar-refractivity contribution < 1.29 is 4.79 Å². The van der Waals surface area contributed by atoms with Crippen molar-refractivity contribution in [2.75, 3.05) is 6.54 Å². The smallest absolute Gasteiger partial charge is 0.271 e. The Bertz CT molecular complexity index is 594. The third kappa shape index (κ3) is 3.33. The predicted molar refractivity (Wildman–Crippen MR) is 87.7 cm³/mol. The number of carbonyl (C=O) groups excluding carboxylic acids is 1. The van der Waals surface area contributed by atoms with Crippen molar-refractivity contribution in [3.63, 3.8) is 0 Å². The number of thiazole rings is 1. The maximum absolute atomic E-state index is 12.4. The first kappa shape index (κ1) is 14.7. The van der Waals surface area contributed by atoms with Gasteiger partial charge in [-0.3, -0.25) is 4.79 Å². The van der Waals surface area contributed by atoms with Crippen LogP contribution in [0.25, 0.3) is 9.88 Å². The first-order chi connectivity index (χ1) is 10.3. The van der Waals surface area contributed by atoms with E-state index in [-0.39, 0.29) is 11.9 Å². The van der Waals surface area contributed by atoms with Crippen molar-refractivity contribution >= 4 is 28.6 Å². The Morgan fingerprint density at radius 3 is 3.00 bits per heavy atom. The number of hydrogen-bond acceptors (Lipinski definition) is 5. The van der Waals surface area contributed by atoms with Gasteiger partial charge in [-0.05, 0) is 36.8 Å². The highest BCUT2D eigenvalue weighted by Gasteiger charge is 2.26. The lowest BCUT2D eigenvalue weighted by atomic mass is 9.84. The molecule has 1 aliphatic rings. The first-order valence-electron chi connectivity index (χ1n) is 7.28. The van der Waals surface area contributed by atoms with Crippen molar-refractivity contribution in [1.29, 1.82) is 0 Å². The third-order valence-corrected chi connectivity index (χ3v) is 5.88. The van der Waals surface area contributed by atoms with Gasteiger partial charge in [-0.2, -0.15) is 0 Å². The highest BCUT2D eigenvalue weighted by molar-refractivity contribution is 7.20. The monoisotopic (exact) mass is 321 g/mol. The second-order valence-corrected chi connectivity index (χ2v) is 7.18. The summed E-state index contributed by atoms with van der Waals surface area (Å²) in [4.78, 5) is 17.9. The van der Waals surface area contributed by atoms with Crippen molar-refractivity contribution in [2.24, 2.45) is 11.7 Å². The summed E-state index contributed by atoms with van der Waals surface area (Å²) in [6.45, 7) is 0.641. The molecule has 1 saturated carbocycles. The molecule has 112 valence electrons. The molecule has 0 spiro atoms. The maximum Gasteiger partial charge on any atom is 0.271 e. The highest BCUT2D eigenvalue weighted by Crippen LogP contribution is 2.28. The molecule has 2 aromatic rings. The molecule has 0 saturated heterocycles. The van der Waals surface area contributed by atoms with Crippen LogP contribution in [0.5, 0.6) is 0 Å². The van der Waals surface area contributed by atoms with Gasteiger partial charge in [-0.1, -0.05) is 18.9 Å². The lowest BCUT2D eigenvalue weighted by molar-refractivity contribution is 0.0904. The summed E-state index contributed by atoms with van der Waals surface area (Å²) in [6, 6.07) is 4.22. The zero-order valence-electron chi connectivity index (χ0n) is 11.7. The quantitative estimate of drug-likeness (QED) is 0.909. The molecule has 1 fully saturated rings. The summed E-state index contributed by atoms with van der Waals surface area (Å²) < 4.78 is 0. The molecule has 1 amide bonds. The third-order valence-electron chi connectivity index (χ3n) is 4.00. The molecule has 0 radical (unpaired) electrons. The van der Waals surface area contributed by atoms with E-state index in [2.05, 4.69) is 10.3 Å². The molecule has 4 nitrogen and oxygen atoms in total. The SMILES string of the molecule is NCC1CCCCC1NC(=O)c1csc(-c2cccs2)n1. The molecule has 3 N–H and O–H groups in total. The average Bonchev–Trinajstić information content (AvgIpc) is 3.18. The Labute approximate surface area is 132 Å². The van der Waals surface area contributed by atoms with Crippen LogP contribution in [0, 0.1) is 5.92 Å². The second kappa shape index (κ2) is 6.68. The number of nitrogens with zero attached hydrogens (tertiary/aromatic N) is 1. The number of nitrogens with one attached hydrogen (secondary N) is 1. The highest BCUT2D eigenvalue weighted by atomic mass is 32.1. The number of rotatable bonds is 4. The Morgan fingerprint density at radius 2 is 2.24 bits per heavy atom. The van der Waals surface area contributed by atoms with Crippen LogP contribution in [-0.2, 0) is 0 Å². The predicted octanol–water partition coefficient (Wildman–Crippen LogP) is 3.12. The second-order valence-electron chi connectivity index (χ2n) is 5.38. The minimum atomic E-state index is -0.0700. The van der Waals surface area contributed by atoms with Crippen molar-refractivity contribution in [3.05, 3.63) is 28.6 Å². The fourth-order valence-corrected chi connectivity index (χ4v) is 4.43. The number of nitrogens with two attached hydrogens (primary N) is 1. The van der Waals surface area contributed by atoms with Crippen LogP contribution in [0.2, 0.25) is 0 Å². The molecule has 2 atom stereocenters. The van der Waals surface area contributed by atoms with Gasteiger partial charge in [0, 0.05) is 11.4 Å². The van der Waals surface area contributed by atoms with Crippen LogP contribution < -0.4 is 11.1 Å². The van der Waals surface area contributed by atoms with E-state index in [9.17, 15) is 4.79 Å². The molecule has 21 heavy (non-hydrogen) atoms. The molecule has 2 unspecified atom stereocenters. The van der Waals surface area contributed by atoms with Gasteiger partial charge in [0.25, 0.3) is 5.91 Å². The van der Waals surface area contributed by atoms with Gasteiger partial charge in [0.1, 0.15) is 10.7 Å². The average molecular weight is 321 g/mol. The van der Waals surface area contributed by atoms with Crippen LogP contribution >= 0.6 is 22.7 Å². The van der Waals surface area contributed by atoms with Crippen molar-refractivity contribution in [2.45, 2.75) is 31.7 Å². The van der Waals surface area contributed by atoms with Gasteiger partial charge >= 0.3 is 0 Å². The van der Waals surface area contributed by atoms with Gasteiger partial charge in [0.05, 0.1) is 4.88 Å². The van der Waals surface area contributed by atoms with Crippen LogP contribution in [0.3, 0.4) is 0 Å². The summed E-state index contributed by atoms with van der Waals surface area (Å²) in [5.74, 6) is 0.331. The van der Waals surface area contributed by atoms with E-state index >= 15 is 0 Å². The molecule has 0 bridgehead atoms. The summed E-state index contributed by atoms with van der Waals surface area (Å²) in [5.41, 5.74) is 6.33. The van der Waals surface area contributed by atoms with E-state index in [1.807, 2.05) is 22.9 Å². The molecule has 0 aliphatic heterocycles. The summed E-state index contributed by atoms with van der Waals surface area (Å²) in [5, 5.41) is 7.89. The fourth-order valence-electron chi connectivity index (χ4n) is 2.81. The first-order valence-corrected chi connectivity index (χ1v) is 9.04. The van der Waals surface area contributed by atoms with E-state index in [0.717, 1.165) is 22.7 Å². The minimum absolute atomic E-state index is 0.0700. The molecule has 2 aromatic heterocycles. The van der Waals surface area contributed by atoms with E-state index in [4.69, 9.17) is 5.73 Å². The van der Waals surface area contributed by atoms with Gasteiger partial charge in [-0.25, -0.2) is 4.98 Å². The summed E-state index contributed by atoms with van der Waals surface area (Å²) in [6.07, 6.45) is 4.51. The molecule has 1 aliphatic carbocycles. The molecule has 2 heterocycles. The molecular formula is C15H19N3OS2. The minimum Gasteiger partial charge on any atom is -0.348 e. The summed E-state index contributed by atoms with van der Waals surface area (Å²) >= 11 is 3.16. The zero-order valence-corrected chi connectivity index (χ0v) is 13.4. The number of hydrogen-bond donors (Lipinski definition) is 2. The maximum atomic E-state index is 12.4. The Kier molecular flexibility index (Phi) is 4.67. The molecule has 6 heteroatoms. The summed E-state index contributed by atoms with van der Waals surface area (Å²) in [7, 11) is 0. The lowest BCUT2D eigenvalue weighted by Gasteiger charge is -2.31. The van der Waals surface area contributed by atoms with Crippen molar-refractivity contribution in [1.82, 2.24) is 10.3 Å². The van der Waals surface area contributed by atoms with Gasteiger partial charge < -0.3 is 11.1 Å². The topological polar surface area (TPSA) is 68.0 Å². The Morgan fingerprint density at radius 1 is 1.38 bits per heavy atom. The Hall–Kier alpha value is -1.24. The largest absolute Gasteiger partial charge is 0.348 e. The van der Waals surface area contributed by atoms with Crippen LogP contribution in [0.4, 0.5) is 0 Å². The van der Waals surface area contributed by atoms with Crippen LogP contribution in [0.1, 0.15) is 36.2 Å². The van der Waals surface area contributed by atoms with Crippen LogP contribution in [0.15, 0.2) is 22.9 Å². The molecule has 0 aromatic carbocycles. The van der Waals surface area contributed by atoms with E-state index in [0.29, 0.717) is 18.2 Å². The normalized spacial score (nSPS) is 22.1.